The summed E-state index contributed by atoms with van der Waals surface area (Å²) in [6.45, 7) is 4.81. The number of likely N-dealkylation sites (tertiary alicyclic amines) is 1. The molecule has 0 spiro atoms. The Morgan fingerprint density at radius 1 is 1.58 bits per heavy atom. The van der Waals surface area contributed by atoms with Gasteiger partial charge in [-0.1, -0.05) is 18.3 Å². The molecule has 2 unspecified atom stereocenters. The van der Waals surface area contributed by atoms with Gasteiger partial charge in [0.1, 0.15) is 5.51 Å². The highest BCUT2D eigenvalue weighted by molar-refractivity contribution is 7.14. The Kier molecular flexibility index (Phi) is 3.34. The fourth-order valence-corrected chi connectivity index (χ4v) is 3.15. The van der Waals surface area contributed by atoms with Gasteiger partial charge in [-0.3, -0.25) is 9.69 Å². The molecule has 0 radical (unpaired) electrons. The van der Waals surface area contributed by atoms with Crippen molar-refractivity contribution in [3.05, 3.63) is 27.6 Å². The van der Waals surface area contributed by atoms with Crippen LogP contribution in [0.4, 0.5) is 0 Å². The van der Waals surface area contributed by atoms with Gasteiger partial charge in [0.2, 0.25) is 4.96 Å². The Bertz CT molecular complexity index is 636. The maximum absolute atomic E-state index is 11.8. The molecule has 2 aromatic heterocycles. The zero-order chi connectivity index (χ0) is 13.4. The summed E-state index contributed by atoms with van der Waals surface area (Å²) in [5.74, 6) is 0.488. The molecule has 1 saturated heterocycles. The van der Waals surface area contributed by atoms with Crippen LogP contribution >= 0.6 is 11.3 Å². The number of nitrogens with two attached hydrogens (primary N) is 1. The molecular formula is C12H17N5OS. The topological polar surface area (TPSA) is 76.5 Å². The number of hydrogen-bond acceptors (Lipinski definition) is 6. The quantitative estimate of drug-likeness (QED) is 0.856. The zero-order valence-corrected chi connectivity index (χ0v) is 11.6. The molecule has 0 aliphatic carbocycles. The summed E-state index contributed by atoms with van der Waals surface area (Å²) in [6.07, 6.45) is 1.00. The first-order valence-corrected chi connectivity index (χ1v) is 7.32. The summed E-state index contributed by atoms with van der Waals surface area (Å²) in [5.41, 5.74) is 8.36. The van der Waals surface area contributed by atoms with Gasteiger partial charge in [0.15, 0.2) is 0 Å². The van der Waals surface area contributed by atoms with E-state index in [-0.39, 0.29) is 5.56 Å². The van der Waals surface area contributed by atoms with Crippen molar-refractivity contribution in [1.29, 1.82) is 0 Å². The molecule has 102 valence electrons. The molecule has 1 aliphatic heterocycles. The number of hydrogen-bond donors (Lipinski definition) is 1. The lowest BCUT2D eigenvalue weighted by atomic mass is 9.95. The van der Waals surface area contributed by atoms with Crippen LogP contribution in [-0.4, -0.2) is 38.6 Å². The van der Waals surface area contributed by atoms with E-state index in [2.05, 4.69) is 21.9 Å². The van der Waals surface area contributed by atoms with Gasteiger partial charge in [-0.25, -0.2) is 4.98 Å². The third-order valence-corrected chi connectivity index (χ3v) is 4.36. The molecule has 6 nitrogen and oxygen atoms in total. The minimum atomic E-state index is -0.108. The number of piperidine rings is 1. The molecule has 2 atom stereocenters. The van der Waals surface area contributed by atoms with Crippen LogP contribution in [0.2, 0.25) is 0 Å². The summed E-state index contributed by atoms with van der Waals surface area (Å²) >= 11 is 1.38. The van der Waals surface area contributed by atoms with E-state index in [1.807, 2.05) is 0 Å². The minimum Gasteiger partial charge on any atom is -0.327 e. The molecule has 0 bridgehead atoms. The molecule has 2 aromatic rings. The number of aromatic nitrogens is 3. The van der Waals surface area contributed by atoms with Crippen LogP contribution in [0.3, 0.4) is 0 Å². The van der Waals surface area contributed by atoms with E-state index in [9.17, 15) is 4.79 Å². The van der Waals surface area contributed by atoms with Gasteiger partial charge >= 0.3 is 0 Å². The minimum absolute atomic E-state index is 0.108. The summed E-state index contributed by atoms with van der Waals surface area (Å²) in [5, 5.41) is 3.96. The average Bonchev–Trinajstić information content (AvgIpc) is 2.82. The average molecular weight is 279 g/mol. The molecule has 2 N–H and O–H groups in total. The lowest BCUT2D eigenvalue weighted by Gasteiger charge is -2.34. The third-order valence-electron chi connectivity index (χ3n) is 3.68. The third kappa shape index (κ3) is 2.54. The number of rotatable bonds is 2. The molecule has 0 saturated carbocycles. The Hall–Kier alpha value is -1.31. The Balaban J connectivity index is 1.80. The fraction of sp³-hybridized carbons (Fsp3) is 0.583. The monoisotopic (exact) mass is 279 g/mol. The van der Waals surface area contributed by atoms with Crippen molar-refractivity contribution in [2.45, 2.75) is 25.9 Å². The summed E-state index contributed by atoms with van der Waals surface area (Å²) < 4.78 is 1.34. The first kappa shape index (κ1) is 12.7. The lowest BCUT2D eigenvalue weighted by Crippen LogP contribution is -2.45. The van der Waals surface area contributed by atoms with E-state index in [0.717, 1.165) is 25.2 Å². The molecule has 1 aliphatic rings. The maximum atomic E-state index is 11.8. The van der Waals surface area contributed by atoms with Gasteiger partial charge in [-0.2, -0.15) is 9.61 Å². The Labute approximate surface area is 114 Å². The lowest BCUT2D eigenvalue weighted by molar-refractivity contribution is 0.156. The second-order valence-electron chi connectivity index (χ2n) is 5.18. The molecule has 0 aromatic carbocycles. The van der Waals surface area contributed by atoms with Gasteiger partial charge in [-0.05, 0) is 12.3 Å². The van der Waals surface area contributed by atoms with E-state index in [4.69, 9.17) is 5.73 Å². The SMILES string of the molecule is CC1CN(Cc2cc(=O)n3ncsc3n2)CCC1N. The normalized spacial score (nSPS) is 24.9. The van der Waals surface area contributed by atoms with Crippen LogP contribution < -0.4 is 11.3 Å². The first-order chi connectivity index (χ1) is 9.13. The van der Waals surface area contributed by atoms with Crippen molar-refractivity contribution < 1.29 is 0 Å². The second-order valence-corrected chi connectivity index (χ2v) is 6.00. The summed E-state index contributed by atoms with van der Waals surface area (Å²) in [4.78, 5) is 19.3. The largest absolute Gasteiger partial charge is 0.327 e. The van der Waals surface area contributed by atoms with Crippen LogP contribution in [-0.2, 0) is 6.54 Å². The molecule has 19 heavy (non-hydrogen) atoms. The van der Waals surface area contributed by atoms with Gasteiger partial charge in [0.25, 0.3) is 5.56 Å². The highest BCUT2D eigenvalue weighted by atomic mass is 32.1. The van der Waals surface area contributed by atoms with Gasteiger partial charge in [0.05, 0.1) is 5.69 Å². The van der Waals surface area contributed by atoms with Crippen molar-refractivity contribution in [1.82, 2.24) is 19.5 Å². The smallest absolute Gasteiger partial charge is 0.275 e. The van der Waals surface area contributed by atoms with Crippen molar-refractivity contribution in [2.75, 3.05) is 13.1 Å². The van der Waals surface area contributed by atoms with E-state index in [0.29, 0.717) is 23.5 Å². The summed E-state index contributed by atoms with van der Waals surface area (Å²) in [7, 11) is 0. The standard InChI is InChI=1S/C12H17N5OS/c1-8-5-16(3-2-10(8)13)6-9-4-11(18)17-12(15-9)19-7-14-17/h4,7-8,10H,2-3,5-6,13H2,1H3. The van der Waals surface area contributed by atoms with E-state index < -0.39 is 0 Å². The van der Waals surface area contributed by atoms with Gasteiger partial charge < -0.3 is 5.73 Å². The molecule has 0 amide bonds. The predicted molar refractivity (Wildman–Crippen MR) is 74.2 cm³/mol. The number of nitrogens with zero attached hydrogens (tertiary/aromatic N) is 4. The van der Waals surface area contributed by atoms with Crippen molar-refractivity contribution in [3.63, 3.8) is 0 Å². The van der Waals surface area contributed by atoms with Crippen LogP contribution in [0.25, 0.3) is 4.96 Å². The molecule has 1 fully saturated rings. The predicted octanol–water partition coefficient (Wildman–Crippen LogP) is 0.320. The van der Waals surface area contributed by atoms with Gasteiger partial charge in [-0.15, -0.1) is 0 Å². The van der Waals surface area contributed by atoms with E-state index in [1.165, 1.54) is 15.9 Å². The van der Waals surface area contributed by atoms with Crippen LogP contribution in [0, 0.1) is 5.92 Å². The molecule has 7 heteroatoms. The maximum Gasteiger partial charge on any atom is 0.275 e. The van der Waals surface area contributed by atoms with Crippen molar-refractivity contribution in [2.24, 2.45) is 11.7 Å². The van der Waals surface area contributed by atoms with Crippen molar-refractivity contribution in [3.8, 4) is 0 Å². The highest BCUT2D eigenvalue weighted by Gasteiger charge is 2.23. The first-order valence-electron chi connectivity index (χ1n) is 6.44. The molecule has 3 heterocycles. The molecule has 3 rings (SSSR count). The van der Waals surface area contributed by atoms with E-state index >= 15 is 0 Å². The van der Waals surface area contributed by atoms with E-state index in [1.54, 1.807) is 11.6 Å². The Morgan fingerprint density at radius 2 is 2.42 bits per heavy atom. The fourth-order valence-electron chi connectivity index (χ4n) is 2.50. The highest BCUT2D eigenvalue weighted by Crippen LogP contribution is 2.16. The summed E-state index contributed by atoms with van der Waals surface area (Å²) in [6, 6.07) is 1.87. The van der Waals surface area contributed by atoms with Crippen molar-refractivity contribution >= 4 is 16.3 Å². The van der Waals surface area contributed by atoms with Gasteiger partial charge in [0, 0.05) is 31.7 Å². The van der Waals surface area contributed by atoms with Crippen LogP contribution in [0.1, 0.15) is 19.0 Å². The van der Waals surface area contributed by atoms with Crippen LogP contribution in [0.15, 0.2) is 16.4 Å². The molecular weight excluding hydrogens is 262 g/mol. The number of fused-ring (bicyclic) bond motifs is 1. The van der Waals surface area contributed by atoms with Crippen LogP contribution in [0.5, 0.6) is 0 Å². The zero-order valence-electron chi connectivity index (χ0n) is 10.8. The second kappa shape index (κ2) is 4.99. The Morgan fingerprint density at radius 3 is 3.21 bits per heavy atom.